The van der Waals surface area contributed by atoms with Gasteiger partial charge in [0.05, 0.1) is 44.2 Å². The summed E-state index contributed by atoms with van der Waals surface area (Å²) in [6, 6.07) is 15.8. The van der Waals surface area contributed by atoms with Gasteiger partial charge < -0.3 is 43.0 Å². The molecule has 0 aliphatic carbocycles. The van der Waals surface area contributed by atoms with Crippen molar-refractivity contribution in [2.75, 3.05) is 88.8 Å². The normalized spacial score (nSPS) is 17.1. The average Bonchev–Trinajstić information content (AvgIpc) is 3.83. The molecule has 5 aliphatic heterocycles. The summed E-state index contributed by atoms with van der Waals surface area (Å²) in [6.07, 6.45) is 3.07. The van der Waals surface area contributed by atoms with Gasteiger partial charge in [-0.1, -0.05) is 0 Å². The summed E-state index contributed by atoms with van der Waals surface area (Å²) >= 11 is 0. The van der Waals surface area contributed by atoms with Crippen molar-refractivity contribution in [1.82, 2.24) is 19.7 Å². The van der Waals surface area contributed by atoms with Crippen LogP contribution in [0, 0.1) is 0 Å². The molecular weight excluding hydrogens is 766 g/mol. The highest BCUT2D eigenvalue weighted by molar-refractivity contribution is 6.15. The minimum absolute atomic E-state index is 0. The molecular formula is C42H46ClN7O8. The largest absolute Gasteiger partial charge is 0.486 e. The molecule has 0 bridgehead atoms. The van der Waals surface area contributed by atoms with Gasteiger partial charge >= 0.3 is 6.09 Å². The van der Waals surface area contributed by atoms with E-state index in [2.05, 4.69) is 43.1 Å². The lowest BCUT2D eigenvalue weighted by atomic mass is 9.99. The number of morpholine rings is 2. The Morgan fingerprint density at radius 1 is 0.672 bits per heavy atom. The summed E-state index contributed by atoms with van der Waals surface area (Å²) in [5, 5.41) is 5.44. The molecule has 16 heteroatoms. The number of hydrogen-bond acceptors (Lipinski definition) is 14. The van der Waals surface area contributed by atoms with E-state index in [-0.39, 0.29) is 12.4 Å². The molecule has 0 unspecified atom stereocenters. The number of carbonyl (C=O) groups excluding carboxylic acids is 1. The van der Waals surface area contributed by atoms with Gasteiger partial charge in [-0.3, -0.25) is 4.99 Å². The number of hydrogen-bond donors (Lipinski definition) is 0. The van der Waals surface area contributed by atoms with Crippen molar-refractivity contribution in [2.45, 2.75) is 32.9 Å². The zero-order valence-corrected chi connectivity index (χ0v) is 33.6. The molecule has 2 saturated heterocycles. The first-order chi connectivity index (χ1) is 27.8. The molecule has 304 valence electrons. The molecule has 10 rings (SSSR count). The molecule has 58 heavy (non-hydrogen) atoms. The van der Waals surface area contributed by atoms with Crippen molar-refractivity contribution in [1.29, 1.82) is 0 Å². The molecule has 0 spiro atoms. The van der Waals surface area contributed by atoms with Crippen molar-refractivity contribution >= 4 is 46.8 Å². The second-order valence-corrected chi connectivity index (χ2v) is 15.1. The van der Waals surface area contributed by atoms with Crippen LogP contribution in [-0.2, 0) is 20.8 Å². The lowest BCUT2D eigenvalue weighted by Crippen LogP contribution is -2.36. The number of fused-ring (bicyclic) bond motifs is 4. The summed E-state index contributed by atoms with van der Waals surface area (Å²) < 4.78 is 40.7. The molecule has 15 nitrogen and oxygen atoms in total. The zero-order valence-electron chi connectivity index (χ0n) is 32.8. The van der Waals surface area contributed by atoms with E-state index in [1.165, 1.54) is 10.2 Å². The van der Waals surface area contributed by atoms with E-state index in [1.54, 1.807) is 12.3 Å². The number of anilines is 2. The van der Waals surface area contributed by atoms with E-state index in [4.69, 9.17) is 38.2 Å². The summed E-state index contributed by atoms with van der Waals surface area (Å²) in [7, 11) is 0. The van der Waals surface area contributed by atoms with Gasteiger partial charge in [-0.2, -0.15) is 9.78 Å². The maximum atomic E-state index is 13.0. The van der Waals surface area contributed by atoms with E-state index in [9.17, 15) is 4.79 Å². The third-order valence-electron chi connectivity index (χ3n) is 10.0. The van der Waals surface area contributed by atoms with Crippen LogP contribution in [0.4, 0.5) is 16.4 Å². The van der Waals surface area contributed by atoms with E-state index in [0.29, 0.717) is 68.9 Å². The SMILES string of the molecule is CC(C)(C)OC(=O)n1nc(-c2ccnc(N3CCOCC3)c2)c2cc3c(cc21)OCCO3.Cl.c1cc(C2=NCc3cc4c(cc32)OCCO4)cc(N2CCOCC2)n1. The van der Waals surface area contributed by atoms with Crippen LogP contribution in [0.25, 0.3) is 22.2 Å². The molecule has 0 radical (unpaired) electrons. The maximum Gasteiger partial charge on any atom is 0.435 e. The van der Waals surface area contributed by atoms with Crippen molar-refractivity contribution in [3.8, 4) is 34.3 Å². The van der Waals surface area contributed by atoms with Gasteiger partial charge in [-0.25, -0.2) is 14.8 Å². The highest BCUT2D eigenvalue weighted by Gasteiger charge is 2.27. The smallest absolute Gasteiger partial charge is 0.435 e. The van der Waals surface area contributed by atoms with Crippen LogP contribution in [-0.4, -0.2) is 116 Å². The number of rotatable bonds is 4. The second kappa shape index (κ2) is 16.7. The van der Waals surface area contributed by atoms with Crippen molar-refractivity contribution in [3.63, 3.8) is 0 Å². The summed E-state index contributed by atoms with van der Waals surface area (Å²) in [4.78, 5) is 31.2. The maximum absolute atomic E-state index is 13.0. The number of ether oxygens (including phenoxy) is 7. The first-order valence-corrected chi connectivity index (χ1v) is 19.4. The molecule has 0 saturated carbocycles. The predicted molar refractivity (Wildman–Crippen MR) is 220 cm³/mol. The summed E-state index contributed by atoms with van der Waals surface area (Å²) in [5.74, 6) is 4.69. The Morgan fingerprint density at radius 3 is 1.81 bits per heavy atom. The Bertz CT molecular complexity index is 2330. The topological polar surface area (TPSA) is 144 Å². The first kappa shape index (κ1) is 39.2. The van der Waals surface area contributed by atoms with E-state index >= 15 is 0 Å². The van der Waals surface area contributed by atoms with Crippen molar-refractivity contribution in [3.05, 3.63) is 77.6 Å². The standard InChI is InChI=1S/C23H26N4O5.C19H19N3O3.ClH/c1-23(2,3)32-22(28)27-17-14-19-18(30-10-11-31-19)13-16(17)21(25-27)15-4-5-24-20(12-15)26-6-8-29-9-7-26;1-2-20-18(22-3-5-23-6-4-22)10-13(1)19-15-11-17-16(24-7-8-25-17)9-14(15)12-21-19;/h4-5,12-14H,6-11H2,1-3H3;1-2,9-11H,3-8,12H2;1H. The monoisotopic (exact) mass is 811 g/mol. The minimum atomic E-state index is -0.649. The fraction of sp³-hybridized carbons (Fsp3) is 0.405. The molecule has 8 heterocycles. The van der Waals surface area contributed by atoms with Gasteiger partial charge in [0.25, 0.3) is 0 Å². The molecule has 0 amide bonds. The highest BCUT2D eigenvalue weighted by Crippen LogP contribution is 2.40. The lowest BCUT2D eigenvalue weighted by molar-refractivity contribution is 0.0523. The number of nitrogens with zero attached hydrogens (tertiary/aromatic N) is 7. The Hall–Kier alpha value is -5.64. The number of benzene rings is 2. The molecule has 5 aliphatic rings. The zero-order chi connectivity index (χ0) is 38.9. The lowest BCUT2D eigenvalue weighted by Gasteiger charge is -2.28. The predicted octanol–water partition coefficient (Wildman–Crippen LogP) is 5.95. The van der Waals surface area contributed by atoms with Crippen molar-refractivity contribution < 1.29 is 38.0 Å². The average molecular weight is 812 g/mol. The molecule has 0 atom stereocenters. The number of aliphatic imine (C=N–C) groups is 1. The van der Waals surface area contributed by atoms with Gasteiger partial charge in [0.15, 0.2) is 23.0 Å². The minimum Gasteiger partial charge on any atom is -0.486 e. The van der Waals surface area contributed by atoms with Gasteiger partial charge in [0.2, 0.25) is 0 Å². The van der Waals surface area contributed by atoms with Crippen LogP contribution < -0.4 is 28.7 Å². The van der Waals surface area contributed by atoms with Gasteiger partial charge in [0, 0.05) is 66.7 Å². The Balaban J connectivity index is 0.000000163. The Morgan fingerprint density at radius 2 is 1.21 bits per heavy atom. The number of carbonyl (C=O) groups is 1. The number of aromatic nitrogens is 4. The quantitative estimate of drug-likeness (QED) is 0.211. The highest BCUT2D eigenvalue weighted by atomic mass is 35.5. The van der Waals surface area contributed by atoms with E-state index in [0.717, 1.165) is 90.3 Å². The van der Waals surface area contributed by atoms with Crippen LogP contribution in [0.3, 0.4) is 0 Å². The van der Waals surface area contributed by atoms with Gasteiger partial charge in [0.1, 0.15) is 49.4 Å². The molecule has 2 aromatic carbocycles. The summed E-state index contributed by atoms with van der Waals surface area (Å²) in [6.45, 7) is 14.4. The first-order valence-electron chi connectivity index (χ1n) is 19.4. The molecule has 3 aromatic heterocycles. The van der Waals surface area contributed by atoms with E-state index in [1.807, 2.05) is 51.2 Å². The fourth-order valence-electron chi connectivity index (χ4n) is 7.35. The Labute approximate surface area is 342 Å². The molecule has 0 N–H and O–H groups in total. The van der Waals surface area contributed by atoms with E-state index < -0.39 is 11.7 Å². The molecule has 5 aromatic rings. The second-order valence-electron chi connectivity index (χ2n) is 15.1. The molecule has 2 fully saturated rings. The van der Waals surface area contributed by atoms with Crippen LogP contribution >= 0.6 is 12.4 Å². The third kappa shape index (κ3) is 8.20. The van der Waals surface area contributed by atoms with Crippen LogP contribution in [0.1, 0.15) is 37.5 Å². The van der Waals surface area contributed by atoms with Gasteiger partial charge in [-0.15, -0.1) is 12.4 Å². The van der Waals surface area contributed by atoms with Gasteiger partial charge in [-0.05, 0) is 68.8 Å². The number of pyridine rings is 2. The summed E-state index contributed by atoms with van der Waals surface area (Å²) in [5.41, 5.74) is 5.86. The van der Waals surface area contributed by atoms with Crippen LogP contribution in [0.2, 0.25) is 0 Å². The third-order valence-corrected chi connectivity index (χ3v) is 10.0. The Kier molecular flexibility index (Phi) is 11.3. The van der Waals surface area contributed by atoms with Crippen molar-refractivity contribution in [2.24, 2.45) is 4.99 Å². The number of halogens is 1. The van der Waals surface area contributed by atoms with Crippen LogP contribution in [0.5, 0.6) is 23.0 Å². The van der Waals surface area contributed by atoms with Crippen LogP contribution in [0.15, 0.2) is 65.9 Å². The fourth-order valence-corrected chi connectivity index (χ4v) is 7.35.